The molecule has 1 N–H and O–H groups in total. The van der Waals surface area contributed by atoms with Crippen LogP contribution in [0, 0.1) is 12.3 Å². The topological polar surface area (TPSA) is 51.5 Å². The van der Waals surface area contributed by atoms with Crippen LogP contribution >= 0.6 is 0 Å². The lowest BCUT2D eigenvalue weighted by Crippen LogP contribution is -2.19. The van der Waals surface area contributed by atoms with Gasteiger partial charge < -0.3 is 14.5 Å². The zero-order valence-corrected chi connectivity index (χ0v) is 10.9. The average molecular weight is 249 g/mol. The fraction of sp³-hybridized carbons (Fsp3) is 0.500. The maximum Gasteiger partial charge on any atom is 0.373 e. The largest absolute Gasteiger partial charge is 0.463 e. The molecule has 1 aromatic heterocycles. The summed E-state index contributed by atoms with van der Waals surface area (Å²) in [5, 5.41) is 3.31. The van der Waals surface area contributed by atoms with E-state index >= 15 is 0 Å². The minimum absolute atomic E-state index is 0.0641. The average Bonchev–Trinajstić information content (AvgIpc) is 2.87. The van der Waals surface area contributed by atoms with Gasteiger partial charge in [-0.25, -0.2) is 4.79 Å². The Morgan fingerprint density at radius 2 is 2.33 bits per heavy atom. The monoisotopic (exact) mass is 249 g/mol. The number of ether oxygens (including phenoxy) is 1. The Labute approximate surface area is 108 Å². The summed E-state index contributed by atoms with van der Waals surface area (Å²) in [6.07, 6.45) is 8.03. The van der Waals surface area contributed by atoms with E-state index in [1.165, 1.54) is 7.11 Å². The summed E-state index contributed by atoms with van der Waals surface area (Å²) in [6, 6.07) is 3.47. The number of hydrogen-bond acceptors (Lipinski definition) is 4. The van der Waals surface area contributed by atoms with E-state index in [4.69, 9.17) is 10.8 Å². The molecule has 0 radical (unpaired) electrons. The number of terminal acetylenes is 1. The fourth-order valence-corrected chi connectivity index (χ4v) is 1.57. The molecule has 0 aliphatic carbocycles. The summed E-state index contributed by atoms with van der Waals surface area (Å²) in [6.45, 7) is 2.86. The number of unbranched alkanes of at least 4 members (excludes halogenated alkanes) is 2. The Hall–Kier alpha value is -1.73. The number of rotatable bonds is 7. The predicted molar refractivity (Wildman–Crippen MR) is 69.1 cm³/mol. The number of methoxy groups -OCH3 is 1. The molecular formula is C14H19NO3. The first-order chi connectivity index (χ1) is 8.69. The van der Waals surface area contributed by atoms with Crippen molar-refractivity contribution >= 4 is 5.97 Å². The van der Waals surface area contributed by atoms with Gasteiger partial charge in [0.1, 0.15) is 5.76 Å². The number of nitrogens with one attached hydrogen (secondary N) is 1. The van der Waals surface area contributed by atoms with Gasteiger partial charge >= 0.3 is 5.97 Å². The van der Waals surface area contributed by atoms with Crippen molar-refractivity contribution < 1.29 is 13.9 Å². The zero-order valence-electron chi connectivity index (χ0n) is 10.9. The number of furan rings is 1. The molecule has 1 atom stereocenters. The molecule has 0 amide bonds. The first-order valence-electron chi connectivity index (χ1n) is 6.04. The third-order valence-corrected chi connectivity index (χ3v) is 2.64. The SMILES string of the molecule is C#CCCCCNC(C)c1ccc(C(=O)OC)o1. The van der Waals surface area contributed by atoms with Gasteiger partial charge in [0, 0.05) is 6.42 Å². The molecule has 0 fully saturated rings. The van der Waals surface area contributed by atoms with Crippen molar-refractivity contribution in [3.05, 3.63) is 23.7 Å². The Morgan fingerprint density at radius 1 is 1.56 bits per heavy atom. The minimum atomic E-state index is -0.456. The Bertz CT molecular complexity index is 417. The summed E-state index contributed by atoms with van der Waals surface area (Å²) in [7, 11) is 1.33. The highest BCUT2D eigenvalue weighted by Crippen LogP contribution is 2.16. The van der Waals surface area contributed by atoms with E-state index in [-0.39, 0.29) is 11.8 Å². The first kappa shape index (κ1) is 14.3. The lowest BCUT2D eigenvalue weighted by molar-refractivity contribution is 0.0562. The van der Waals surface area contributed by atoms with Crippen molar-refractivity contribution in [1.82, 2.24) is 5.32 Å². The summed E-state index contributed by atoms with van der Waals surface area (Å²) in [5.41, 5.74) is 0. The van der Waals surface area contributed by atoms with Crippen LogP contribution in [-0.4, -0.2) is 19.6 Å². The fourth-order valence-electron chi connectivity index (χ4n) is 1.57. The lowest BCUT2D eigenvalue weighted by atomic mass is 10.2. The second-order valence-corrected chi connectivity index (χ2v) is 4.03. The number of carbonyl (C=O) groups is 1. The predicted octanol–water partition coefficient (Wildman–Crippen LogP) is 2.52. The van der Waals surface area contributed by atoms with Crippen LogP contribution in [0.1, 0.15) is 48.5 Å². The number of carbonyl (C=O) groups excluding carboxylic acids is 1. The Morgan fingerprint density at radius 3 is 3.00 bits per heavy atom. The van der Waals surface area contributed by atoms with Crippen LogP contribution in [0.25, 0.3) is 0 Å². The maximum absolute atomic E-state index is 11.2. The summed E-state index contributed by atoms with van der Waals surface area (Å²) < 4.78 is 9.99. The molecule has 1 heterocycles. The van der Waals surface area contributed by atoms with Gasteiger partial charge in [0.05, 0.1) is 13.2 Å². The van der Waals surface area contributed by atoms with E-state index in [2.05, 4.69) is 16.0 Å². The van der Waals surface area contributed by atoms with Gasteiger partial charge in [-0.2, -0.15) is 0 Å². The van der Waals surface area contributed by atoms with Crippen molar-refractivity contribution in [2.75, 3.05) is 13.7 Å². The van der Waals surface area contributed by atoms with Crippen LogP contribution in [0.3, 0.4) is 0 Å². The van der Waals surface area contributed by atoms with Crippen molar-refractivity contribution in [2.24, 2.45) is 0 Å². The minimum Gasteiger partial charge on any atom is -0.463 e. The van der Waals surface area contributed by atoms with Crippen LogP contribution in [0.15, 0.2) is 16.5 Å². The Kier molecular flexibility index (Phi) is 6.03. The molecule has 0 bridgehead atoms. The smallest absolute Gasteiger partial charge is 0.373 e. The van der Waals surface area contributed by atoms with Crippen molar-refractivity contribution in [3.63, 3.8) is 0 Å². The van der Waals surface area contributed by atoms with Crippen molar-refractivity contribution in [1.29, 1.82) is 0 Å². The lowest BCUT2D eigenvalue weighted by Gasteiger charge is -2.10. The highest BCUT2D eigenvalue weighted by atomic mass is 16.5. The van der Waals surface area contributed by atoms with Gasteiger partial charge in [-0.3, -0.25) is 0 Å². The van der Waals surface area contributed by atoms with Gasteiger partial charge in [0.2, 0.25) is 5.76 Å². The van der Waals surface area contributed by atoms with E-state index in [0.29, 0.717) is 0 Å². The quantitative estimate of drug-likeness (QED) is 0.458. The molecule has 4 nitrogen and oxygen atoms in total. The highest BCUT2D eigenvalue weighted by molar-refractivity contribution is 5.86. The van der Waals surface area contributed by atoms with Gasteiger partial charge in [-0.05, 0) is 38.4 Å². The van der Waals surface area contributed by atoms with Crippen LogP contribution in [0.2, 0.25) is 0 Å². The number of hydrogen-bond donors (Lipinski definition) is 1. The molecule has 0 aliphatic rings. The van der Waals surface area contributed by atoms with E-state index in [0.717, 1.165) is 31.6 Å². The molecule has 1 unspecified atom stereocenters. The molecule has 0 saturated heterocycles. The van der Waals surface area contributed by atoms with Gasteiger partial charge in [0.25, 0.3) is 0 Å². The third-order valence-electron chi connectivity index (χ3n) is 2.64. The molecule has 0 aromatic carbocycles. The van der Waals surface area contributed by atoms with Crippen LogP contribution in [-0.2, 0) is 4.74 Å². The molecule has 18 heavy (non-hydrogen) atoms. The summed E-state index contributed by atoms with van der Waals surface area (Å²) in [4.78, 5) is 11.2. The van der Waals surface area contributed by atoms with Crippen molar-refractivity contribution in [2.45, 2.75) is 32.2 Å². The zero-order chi connectivity index (χ0) is 13.4. The van der Waals surface area contributed by atoms with E-state index in [1.54, 1.807) is 12.1 Å². The maximum atomic E-state index is 11.2. The highest BCUT2D eigenvalue weighted by Gasteiger charge is 2.14. The van der Waals surface area contributed by atoms with Gasteiger partial charge in [-0.1, -0.05) is 0 Å². The van der Waals surface area contributed by atoms with Crippen LogP contribution < -0.4 is 5.32 Å². The molecule has 0 aliphatic heterocycles. The number of esters is 1. The molecule has 1 aromatic rings. The second-order valence-electron chi connectivity index (χ2n) is 4.03. The van der Waals surface area contributed by atoms with E-state index in [1.807, 2.05) is 6.92 Å². The standard InChI is InChI=1S/C14H19NO3/c1-4-5-6-7-10-15-11(2)12-8-9-13(18-12)14(16)17-3/h1,8-9,11,15H,5-7,10H2,2-3H3. The Balaban J connectivity index is 2.37. The van der Waals surface area contributed by atoms with E-state index in [9.17, 15) is 4.79 Å². The summed E-state index contributed by atoms with van der Waals surface area (Å²) >= 11 is 0. The second kappa shape index (κ2) is 7.57. The van der Waals surface area contributed by atoms with Gasteiger partial charge in [0.15, 0.2) is 0 Å². The molecular weight excluding hydrogens is 230 g/mol. The molecule has 4 heteroatoms. The normalized spacial score (nSPS) is 11.8. The molecule has 0 spiro atoms. The van der Waals surface area contributed by atoms with Crippen LogP contribution in [0.4, 0.5) is 0 Å². The van der Waals surface area contributed by atoms with Crippen LogP contribution in [0.5, 0.6) is 0 Å². The van der Waals surface area contributed by atoms with E-state index < -0.39 is 5.97 Å². The molecule has 1 rings (SSSR count). The molecule has 0 saturated carbocycles. The molecule has 98 valence electrons. The van der Waals surface area contributed by atoms with Gasteiger partial charge in [-0.15, -0.1) is 12.3 Å². The van der Waals surface area contributed by atoms with Crippen molar-refractivity contribution in [3.8, 4) is 12.3 Å². The third kappa shape index (κ3) is 4.27. The summed E-state index contributed by atoms with van der Waals surface area (Å²) in [5.74, 6) is 3.12. The first-order valence-corrected chi connectivity index (χ1v) is 6.04.